The smallest absolute Gasteiger partial charge is 0.297 e. The van der Waals surface area contributed by atoms with Crippen molar-refractivity contribution in [3.05, 3.63) is 106 Å². The number of pyridine rings is 1. The molecule has 2 aromatic heterocycles. The maximum absolute atomic E-state index is 14.7. The number of hydrogen-bond acceptors (Lipinski definition) is 14. The number of nitro benzene ring substituents is 1. The summed E-state index contributed by atoms with van der Waals surface area (Å²) < 4.78 is 83.5. The Morgan fingerprint density at radius 2 is 1.76 bits per heavy atom. The second-order valence-electron chi connectivity index (χ2n) is 20.9. The molecule has 2 aliphatic carbocycles. The molecule has 19 nitrogen and oxygen atoms in total. The molecule has 10 rings (SSSR count). The van der Waals surface area contributed by atoms with Crippen LogP contribution in [0, 0.1) is 27.3 Å². The van der Waals surface area contributed by atoms with Gasteiger partial charge in [-0.3, -0.25) is 19.8 Å². The molecule has 5 aliphatic rings. The van der Waals surface area contributed by atoms with Crippen LogP contribution in [0.5, 0.6) is 17.2 Å². The summed E-state index contributed by atoms with van der Waals surface area (Å²) in [4.78, 5) is 36.9. The van der Waals surface area contributed by atoms with E-state index in [4.69, 9.17) is 14.6 Å². The number of fused-ring (bicyclic) bond motifs is 2. The largest absolute Gasteiger partial charge is 0.489 e. The molecule has 4 fully saturated rings. The molecule has 2 saturated heterocycles. The lowest BCUT2D eigenvalue weighted by atomic mass is 9.59. The number of hydrogen-bond donors (Lipinski definition) is 5. The summed E-state index contributed by atoms with van der Waals surface area (Å²) >= 11 is 0. The number of halogens is 1. The first-order chi connectivity index (χ1) is 34.2. The Hall–Kier alpha value is -5.91. The van der Waals surface area contributed by atoms with E-state index >= 15 is 0 Å². The zero-order chi connectivity index (χ0) is 50.9. The Morgan fingerprint density at radius 1 is 1.03 bits per heavy atom. The minimum atomic E-state index is -4.76. The summed E-state index contributed by atoms with van der Waals surface area (Å²) in [6, 6.07) is 16.3. The number of H-pyrrole nitrogens is 1. The van der Waals surface area contributed by atoms with Gasteiger partial charge in [0.25, 0.3) is 31.8 Å². The van der Waals surface area contributed by atoms with E-state index < -0.39 is 53.1 Å². The van der Waals surface area contributed by atoms with Gasteiger partial charge in [0, 0.05) is 74.9 Å². The van der Waals surface area contributed by atoms with Crippen molar-refractivity contribution >= 4 is 54.2 Å². The van der Waals surface area contributed by atoms with Gasteiger partial charge in [-0.05, 0) is 105 Å². The highest BCUT2D eigenvalue weighted by molar-refractivity contribution is 7.90. The summed E-state index contributed by atoms with van der Waals surface area (Å²) in [6.45, 7) is 8.69. The second kappa shape index (κ2) is 18.9. The van der Waals surface area contributed by atoms with Gasteiger partial charge in [-0.25, -0.2) is 27.7 Å². The van der Waals surface area contributed by atoms with Crippen LogP contribution in [0.2, 0.25) is 0 Å². The molecule has 1 spiro atoms. The van der Waals surface area contributed by atoms with E-state index in [0.29, 0.717) is 57.5 Å². The van der Waals surface area contributed by atoms with Crippen LogP contribution in [0.4, 0.5) is 21.5 Å². The van der Waals surface area contributed by atoms with Crippen molar-refractivity contribution in [2.45, 2.75) is 107 Å². The van der Waals surface area contributed by atoms with E-state index in [1.54, 1.807) is 19.1 Å². The van der Waals surface area contributed by atoms with Crippen LogP contribution in [0.1, 0.15) is 106 Å². The molecule has 0 bridgehead atoms. The Bertz CT molecular complexity index is 3140. The molecule has 2 saturated carbocycles. The van der Waals surface area contributed by atoms with Crippen molar-refractivity contribution in [3.63, 3.8) is 0 Å². The zero-order valence-electron chi connectivity index (χ0n) is 40.3. The summed E-state index contributed by atoms with van der Waals surface area (Å²) in [5.74, 6) is -1.34. The van der Waals surface area contributed by atoms with Crippen LogP contribution in [0.15, 0.2) is 78.0 Å². The molecule has 1 amide bonds. The van der Waals surface area contributed by atoms with E-state index in [1.807, 2.05) is 12.1 Å². The molecule has 384 valence electrons. The van der Waals surface area contributed by atoms with Crippen LogP contribution >= 0.6 is 0 Å². The third-order valence-electron chi connectivity index (χ3n) is 15.8. The fourth-order valence-electron chi connectivity index (χ4n) is 11.7. The SMILES string of the molecule is CC(C)c1ccccc1[C@H]1CN(S(N)(=O)=O)CCN1C1CC2(CCN(c3ccc(C(=O)NS(=O)(=O)c4cc5c(c([N+](=O)[O-])c4)N[C@@H](C4CCC(C)(O)CC4)CO5)c(Oc4cnc5[nH]cc(F)c5c4)c3)CC2)C1. The fraction of sp³-hybridized carbons (Fsp3) is 0.480. The molecule has 5 heterocycles. The Kier molecular flexibility index (Phi) is 13.0. The lowest BCUT2D eigenvalue weighted by molar-refractivity contribution is -0.384. The lowest BCUT2D eigenvalue weighted by Crippen LogP contribution is -2.61. The molecule has 0 radical (unpaired) electrons. The third-order valence-corrected chi connectivity index (χ3v) is 18.2. The number of anilines is 2. The number of amides is 1. The first-order valence-corrected chi connectivity index (χ1v) is 27.5. The summed E-state index contributed by atoms with van der Waals surface area (Å²) in [5, 5.41) is 31.9. The number of nitrogens with one attached hydrogen (secondary N) is 3. The Morgan fingerprint density at radius 3 is 2.47 bits per heavy atom. The number of rotatable bonds is 12. The number of carbonyl (C=O) groups is 1. The van der Waals surface area contributed by atoms with Crippen molar-refractivity contribution in [1.82, 2.24) is 23.9 Å². The van der Waals surface area contributed by atoms with Crippen molar-refractivity contribution in [2.24, 2.45) is 16.5 Å². The van der Waals surface area contributed by atoms with Gasteiger partial charge >= 0.3 is 0 Å². The van der Waals surface area contributed by atoms with Crippen molar-refractivity contribution in [3.8, 4) is 17.2 Å². The first-order valence-electron chi connectivity index (χ1n) is 24.5. The van der Waals surface area contributed by atoms with Crippen LogP contribution in [-0.4, -0.2) is 109 Å². The molecular weight excluding hydrogens is 970 g/mol. The van der Waals surface area contributed by atoms with E-state index in [-0.39, 0.29) is 88.1 Å². The molecular formula is C50H60FN9O10S2. The highest BCUT2D eigenvalue weighted by Gasteiger charge is 2.51. The number of ether oxygens (including phenoxy) is 2. The predicted octanol–water partition coefficient (Wildman–Crippen LogP) is 7.07. The normalized spacial score (nSPS) is 24.0. The average Bonchev–Trinajstić information content (AvgIpc) is 3.71. The molecule has 0 unspecified atom stereocenters. The number of nitrogens with zero attached hydrogens (tertiary/aromatic N) is 5. The van der Waals surface area contributed by atoms with Crippen LogP contribution in [0.3, 0.4) is 0 Å². The van der Waals surface area contributed by atoms with Crippen LogP contribution < -0.4 is 29.6 Å². The standard InChI is InChI=1S/C50H60FN9O10S2/c1-30(2)36-6-4-5-7-37(36)43-28-58(72(52,67)68)18-19-59(43)33-24-50(25-33)14-16-57(17-15-50)32-8-9-38(44(20-32)70-34-21-39-40(51)27-54-47(39)53-26-34)48(61)56-71(65,66)35-22-42(60(63)64)46-45(23-35)69-29-41(55-46)31-10-12-49(3,62)13-11-31/h4-9,20-23,26-27,30-31,33,41,43,55,62H,10-19,24-25,28-29H2,1-3H3,(H,53,54)(H,56,61)(H2,52,67,68)/t31?,41-,43-,49?/m1/s1. The minimum absolute atomic E-state index is 0.0353. The van der Waals surface area contributed by atoms with Crippen LogP contribution in [-0.2, 0) is 20.2 Å². The quantitative estimate of drug-likeness (QED) is 0.0619. The predicted molar refractivity (Wildman–Crippen MR) is 267 cm³/mol. The number of benzene rings is 3. The maximum Gasteiger partial charge on any atom is 0.297 e. The van der Waals surface area contributed by atoms with Crippen molar-refractivity contribution in [1.29, 1.82) is 0 Å². The van der Waals surface area contributed by atoms with E-state index in [9.17, 15) is 41.2 Å². The highest BCUT2D eigenvalue weighted by Crippen LogP contribution is 2.54. The number of piperazine rings is 1. The third kappa shape index (κ3) is 9.83. The fourth-order valence-corrected chi connectivity index (χ4v) is 13.4. The molecule has 3 aromatic carbocycles. The zero-order valence-corrected chi connectivity index (χ0v) is 42.0. The van der Waals surface area contributed by atoms with Gasteiger partial charge in [0.1, 0.15) is 29.6 Å². The maximum atomic E-state index is 14.7. The number of carbonyl (C=O) groups excluding carboxylic acids is 1. The van der Waals surface area contributed by atoms with Crippen molar-refractivity contribution < 1.29 is 45.5 Å². The number of aliphatic hydroxyl groups is 1. The van der Waals surface area contributed by atoms with E-state index in [1.165, 1.54) is 28.2 Å². The van der Waals surface area contributed by atoms with Crippen molar-refractivity contribution in [2.75, 3.05) is 49.5 Å². The number of piperidine rings is 1. The lowest BCUT2D eigenvalue weighted by Gasteiger charge is -2.58. The van der Waals surface area contributed by atoms with Gasteiger partial charge in [0.15, 0.2) is 11.4 Å². The first kappa shape index (κ1) is 49.7. The van der Waals surface area contributed by atoms with Gasteiger partial charge in [0.05, 0.1) is 38.6 Å². The van der Waals surface area contributed by atoms with Gasteiger partial charge in [-0.2, -0.15) is 12.7 Å². The van der Waals surface area contributed by atoms with Gasteiger partial charge in [0.2, 0.25) is 0 Å². The Balaban J connectivity index is 0.866. The topological polar surface area (TPSA) is 256 Å². The molecule has 72 heavy (non-hydrogen) atoms. The average molecular weight is 1030 g/mol. The van der Waals surface area contributed by atoms with E-state index in [0.717, 1.165) is 49.6 Å². The summed E-state index contributed by atoms with van der Waals surface area (Å²) in [7, 11) is -8.63. The molecule has 2 atom stereocenters. The molecule has 3 aliphatic heterocycles. The summed E-state index contributed by atoms with van der Waals surface area (Å²) in [6.07, 6.45) is 8.65. The molecule has 22 heteroatoms. The second-order valence-corrected chi connectivity index (χ2v) is 24.1. The highest BCUT2D eigenvalue weighted by atomic mass is 32.2. The number of nitrogens with two attached hydrogens (primary N) is 1. The molecule has 5 aromatic rings. The minimum Gasteiger partial charge on any atom is -0.489 e. The number of sulfonamides is 1. The Labute approximate surface area is 417 Å². The number of aromatic nitrogens is 2. The van der Waals surface area contributed by atoms with Gasteiger partial charge in [-0.15, -0.1) is 0 Å². The monoisotopic (exact) mass is 1030 g/mol. The van der Waals surface area contributed by atoms with Gasteiger partial charge < -0.3 is 29.8 Å². The van der Waals surface area contributed by atoms with Crippen LogP contribution in [0.25, 0.3) is 11.0 Å². The van der Waals surface area contributed by atoms with Gasteiger partial charge in [-0.1, -0.05) is 38.1 Å². The number of nitro groups is 1. The van der Waals surface area contributed by atoms with E-state index in [2.05, 4.69) is 55.8 Å². The molecule has 6 N–H and O–H groups in total. The summed E-state index contributed by atoms with van der Waals surface area (Å²) in [5.41, 5.74) is 1.89. The number of aromatic amines is 1.